The predicted octanol–water partition coefficient (Wildman–Crippen LogP) is 2.53. The highest BCUT2D eigenvalue weighted by Crippen LogP contribution is 2.31. The summed E-state index contributed by atoms with van der Waals surface area (Å²) in [6, 6.07) is 6.86. The van der Waals surface area contributed by atoms with Crippen molar-refractivity contribution in [2.75, 3.05) is 0 Å². The van der Waals surface area contributed by atoms with Gasteiger partial charge in [-0.1, -0.05) is 16.8 Å². The zero-order valence-corrected chi connectivity index (χ0v) is 11.2. The van der Waals surface area contributed by atoms with Crippen molar-refractivity contribution in [2.45, 2.75) is 0 Å². The molecule has 21 heavy (non-hydrogen) atoms. The van der Waals surface area contributed by atoms with Crippen molar-refractivity contribution in [3.8, 4) is 11.6 Å². The summed E-state index contributed by atoms with van der Waals surface area (Å²) in [7, 11) is 0. The van der Waals surface area contributed by atoms with Crippen molar-refractivity contribution in [1.29, 1.82) is 0 Å². The first kappa shape index (κ1) is 14.5. The van der Waals surface area contributed by atoms with Crippen LogP contribution in [0, 0.1) is 10.1 Å². The summed E-state index contributed by atoms with van der Waals surface area (Å²) in [5.41, 5.74) is 5.68. The number of rotatable bonds is 4. The summed E-state index contributed by atoms with van der Waals surface area (Å²) < 4.78 is 5.40. The number of pyridine rings is 1. The Bertz CT molecular complexity index is 703. The molecule has 0 aliphatic heterocycles. The van der Waals surface area contributed by atoms with Gasteiger partial charge in [0, 0.05) is 30.0 Å². The first-order valence-corrected chi connectivity index (χ1v) is 5.95. The molecule has 0 saturated carbocycles. The Hall–Kier alpha value is -2.87. The molecule has 1 heterocycles. The maximum Gasteiger partial charge on any atom is 0.271 e. The molecule has 2 rings (SSSR count). The Morgan fingerprint density at radius 3 is 2.71 bits per heavy atom. The van der Waals surface area contributed by atoms with E-state index in [1.54, 1.807) is 0 Å². The van der Waals surface area contributed by atoms with Crippen LogP contribution in [0.3, 0.4) is 0 Å². The largest absolute Gasteiger partial charge is 0.437 e. The number of nitro benzene ring substituents is 1. The molecule has 0 aliphatic rings. The number of non-ortho nitro benzene ring substituents is 1. The molecule has 108 valence electrons. The van der Waals surface area contributed by atoms with Crippen LogP contribution >= 0.6 is 11.6 Å². The molecule has 1 aromatic carbocycles. The highest BCUT2D eigenvalue weighted by atomic mass is 35.5. The molecule has 0 amide bonds. The summed E-state index contributed by atoms with van der Waals surface area (Å²) in [6.07, 6.45) is 1.35. The number of hydrogen-bond donors (Lipinski definition) is 2. The number of hydrogen-bond acceptors (Lipinski definition) is 6. The van der Waals surface area contributed by atoms with Crippen molar-refractivity contribution in [1.82, 2.24) is 4.98 Å². The average molecular weight is 309 g/mol. The van der Waals surface area contributed by atoms with Crippen molar-refractivity contribution in [3.05, 3.63) is 57.2 Å². The third-order valence-electron chi connectivity index (χ3n) is 2.48. The Labute approximate surface area is 123 Å². The molecule has 9 heteroatoms. The molecule has 3 N–H and O–H groups in total. The van der Waals surface area contributed by atoms with Crippen molar-refractivity contribution in [3.63, 3.8) is 0 Å². The van der Waals surface area contributed by atoms with Gasteiger partial charge in [-0.2, -0.15) is 0 Å². The highest BCUT2D eigenvalue weighted by Gasteiger charge is 2.11. The van der Waals surface area contributed by atoms with Crippen molar-refractivity contribution < 1.29 is 14.9 Å². The molecule has 1 aromatic heterocycles. The molecule has 0 spiro atoms. The second kappa shape index (κ2) is 6.06. The molecule has 8 nitrogen and oxygen atoms in total. The lowest BCUT2D eigenvalue weighted by molar-refractivity contribution is -0.384. The summed E-state index contributed by atoms with van der Waals surface area (Å²) in [5.74, 6) is 0.356. The molecular weight excluding hydrogens is 300 g/mol. The van der Waals surface area contributed by atoms with E-state index < -0.39 is 4.92 Å². The molecular formula is C12H9ClN4O4. The quantitative estimate of drug-likeness (QED) is 0.294. The average Bonchev–Trinajstić information content (AvgIpc) is 2.49. The van der Waals surface area contributed by atoms with Gasteiger partial charge < -0.3 is 15.7 Å². The van der Waals surface area contributed by atoms with E-state index in [0.717, 1.165) is 0 Å². The topological polar surface area (TPSA) is 124 Å². The fourth-order valence-corrected chi connectivity index (χ4v) is 1.66. The van der Waals surface area contributed by atoms with Gasteiger partial charge in [-0.15, -0.1) is 0 Å². The standard InChI is InChI=1S/C12H9ClN4O4/c13-9-5-8(17(19)20)2-3-10(9)21-11-4-1-7(6-15-11)12(14)16-18/h1-6,18H,(H2,14,16). The number of ether oxygens (including phenoxy) is 1. The number of nitrogens with zero attached hydrogens (tertiary/aromatic N) is 3. The van der Waals surface area contributed by atoms with Crippen LogP contribution < -0.4 is 10.5 Å². The lowest BCUT2D eigenvalue weighted by atomic mass is 10.2. The monoisotopic (exact) mass is 308 g/mol. The summed E-state index contributed by atoms with van der Waals surface area (Å²) >= 11 is 5.90. The van der Waals surface area contributed by atoms with Crippen LogP contribution in [0.2, 0.25) is 5.02 Å². The Balaban J connectivity index is 2.20. The summed E-state index contributed by atoms with van der Waals surface area (Å²) in [5, 5.41) is 22.1. The smallest absolute Gasteiger partial charge is 0.271 e. The number of oxime groups is 1. The highest BCUT2D eigenvalue weighted by molar-refractivity contribution is 6.32. The second-order valence-electron chi connectivity index (χ2n) is 3.84. The first-order chi connectivity index (χ1) is 10.0. The van der Waals surface area contributed by atoms with E-state index in [9.17, 15) is 10.1 Å². The fraction of sp³-hybridized carbons (Fsp3) is 0. The van der Waals surface area contributed by atoms with Crippen LogP contribution in [-0.4, -0.2) is 21.0 Å². The number of nitrogens with two attached hydrogens (primary N) is 1. The fourth-order valence-electron chi connectivity index (χ4n) is 1.45. The van der Waals surface area contributed by atoms with Gasteiger partial charge in [-0.3, -0.25) is 10.1 Å². The molecule has 0 saturated heterocycles. The lowest BCUT2D eigenvalue weighted by Crippen LogP contribution is -2.13. The van der Waals surface area contributed by atoms with Gasteiger partial charge >= 0.3 is 0 Å². The van der Waals surface area contributed by atoms with Crippen LogP contribution in [-0.2, 0) is 0 Å². The van der Waals surface area contributed by atoms with E-state index >= 15 is 0 Å². The summed E-state index contributed by atoms with van der Waals surface area (Å²) in [6.45, 7) is 0. The van der Waals surface area contributed by atoms with Crippen molar-refractivity contribution in [2.24, 2.45) is 10.9 Å². The molecule has 0 fully saturated rings. The molecule has 0 atom stereocenters. The van der Waals surface area contributed by atoms with Gasteiger partial charge in [0.2, 0.25) is 5.88 Å². The third kappa shape index (κ3) is 3.37. The minimum Gasteiger partial charge on any atom is -0.437 e. The zero-order chi connectivity index (χ0) is 15.4. The number of aromatic nitrogens is 1. The zero-order valence-electron chi connectivity index (χ0n) is 10.4. The van der Waals surface area contributed by atoms with Gasteiger partial charge in [0.1, 0.15) is 5.75 Å². The Morgan fingerprint density at radius 2 is 2.19 bits per heavy atom. The third-order valence-corrected chi connectivity index (χ3v) is 2.78. The van der Waals surface area contributed by atoms with Crippen LogP contribution in [0.25, 0.3) is 0 Å². The number of halogens is 1. The first-order valence-electron chi connectivity index (χ1n) is 5.57. The number of amidine groups is 1. The van der Waals surface area contributed by atoms with Crippen LogP contribution in [0.5, 0.6) is 11.6 Å². The molecule has 2 aromatic rings. The van der Waals surface area contributed by atoms with E-state index in [0.29, 0.717) is 5.56 Å². The second-order valence-corrected chi connectivity index (χ2v) is 4.25. The molecule has 0 radical (unpaired) electrons. The minimum atomic E-state index is -0.556. The van der Waals surface area contributed by atoms with E-state index in [4.69, 9.17) is 27.3 Å². The predicted molar refractivity (Wildman–Crippen MR) is 74.9 cm³/mol. The maximum absolute atomic E-state index is 10.6. The Kier molecular flexibility index (Phi) is 4.19. The van der Waals surface area contributed by atoms with E-state index in [2.05, 4.69) is 10.1 Å². The molecule has 0 unspecified atom stereocenters. The van der Waals surface area contributed by atoms with Crippen LogP contribution in [0.15, 0.2) is 41.7 Å². The maximum atomic E-state index is 10.6. The van der Waals surface area contributed by atoms with E-state index in [1.807, 2.05) is 0 Å². The SMILES string of the molecule is N/C(=N\O)c1ccc(Oc2ccc([N+](=O)[O-])cc2Cl)nc1. The lowest BCUT2D eigenvalue weighted by Gasteiger charge is -2.07. The van der Waals surface area contributed by atoms with Gasteiger partial charge in [-0.25, -0.2) is 4.98 Å². The van der Waals surface area contributed by atoms with Gasteiger partial charge in [0.05, 0.1) is 9.95 Å². The number of benzene rings is 1. The van der Waals surface area contributed by atoms with Crippen LogP contribution in [0.1, 0.15) is 5.56 Å². The van der Waals surface area contributed by atoms with E-state index in [1.165, 1.54) is 36.5 Å². The normalized spacial score (nSPS) is 11.2. The summed E-state index contributed by atoms with van der Waals surface area (Å²) in [4.78, 5) is 14.0. The van der Waals surface area contributed by atoms with Crippen molar-refractivity contribution >= 4 is 23.1 Å². The van der Waals surface area contributed by atoms with Crippen LogP contribution in [0.4, 0.5) is 5.69 Å². The number of nitro groups is 1. The van der Waals surface area contributed by atoms with Gasteiger partial charge in [-0.05, 0) is 12.1 Å². The molecule has 0 aliphatic carbocycles. The minimum absolute atomic E-state index is 0.0811. The molecule has 0 bridgehead atoms. The van der Waals surface area contributed by atoms with E-state index in [-0.39, 0.29) is 28.2 Å². The van der Waals surface area contributed by atoms with Gasteiger partial charge in [0.25, 0.3) is 5.69 Å². The Morgan fingerprint density at radius 1 is 1.43 bits per heavy atom. The van der Waals surface area contributed by atoms with Gasteiger partial charge in [0.15, 0.2) is 5.84 Å².